The first kappa shape index (κ1) is 18.4. The van der Waals surface area contributed by atoms with Crippen molar-refractivity contribution < 1.29 is 13.9 Å². The molecule has 2 aliphatic rings. The Labute approximate surface area is 162 Å². The minimum absolute atomic E-state index is 0.160. The van der Waals surface area contributed by atoms with E-state index in [0.717, 1.165) is 11.1 Å². The van der Waals surface area contributed by atoms with Crippen LogP contribution >= 0.6 is 0 Å². The van der Waals surface area contributed by atoms with Crippen LogP contribution in [0.25, 0.3) is 11.3 Å². The Bertz CT molecular complexity index is 985. The van der Waals surface area contributed by atoms with E-state index in [0.29, 0.717) is 41.3 Å². The van der Waals surface area contributed by atoms with Gasteiger partial charge in [0.1, 0.15) is 18.1 Å². The summed E-state index contributed by atoms with van der Waals surface area (Å²) in [6, 6.07) is 6.97. The number of nitrogens with zero attached hydrogens (tertiary/aromatic N) is 2. The number of benzene rings is 1. The fourth-order valence-electron chi connectivity index (χ4n) is 4.15. The molecule has 0 saturated heterocycles. The van der Waals surface area contributed by atoms with E-state index in [1.165, 1.54) is 43.9 Å². The van der Waals surface area contributed by atoms with Crippen LogP contribution in [0.3, 0.4) is 0 Å². The highest BCUT2D eigenvalue weighted by Gasteiger charge is 2.35. The maximum Gasteiger partial charge on any atom is 0.267 e. The maximum absolute atomic E-state index is 13.4. The number of nitrogens with one attached hydrogen (secondary N) is 1. The first-order valence-electron chi connectivity index (χ1n) is 9.40. The molecule has 1 N–H and O–H groups in total. The van der Waals surface area contributed by atoms with Gasteiger partial charge in [0, 0.05) is 24.2 Å². The minimum Gasteiger partial charge on any atom is -0.496 e. The highest BCUT2D eigenvalue weighted by Crippen LogP contribution is 2.42. The summed E-state index contributed by atoms with van der Waals surface area (Å²) in [5.41, 5.74) is 0.608. The Morgan fingerprint density at radius 2 is 2.14 bits per heavy atom. The quantitative estimate of drug-likeness (QED) is 0.778. The van der Waals surface area contributed by atoms with Gasteiger partial charge in [-0.2, -0.15) is 5.10 Å². The van der Waals surface area contributed by atoms with Crippen LogP contribution in [0.2, 0.25) is 0 Å². The molecule has 1 amide bonds. The van der Waals surface area contributed by atoms with Gasteiger partial charge in [0.05, 0.1) is 12.8 Å². The number of rotatable bonds is 6. The molecule has 146 valence electrons. The minimum atomic E-state index is -0.427. The van der Waals surface area contributed by atoms with E-state index in [2.05, 4.69) is 22.6 Å². The number of amides is 1. The number of aromatic nitrogens is 2. The zero-order chi connectivity index (χ0) is 19.7. The zero-order valence-corrected chi connectivity index (χ0v) is 15.6. The SMILES string of the molecule is COc1cc(F)ccc1-c1ccc(=O)n(CC(=O)NC[C@H]2C[C@@H]3C=C[C@H]2C3)n1. The number of methoxy groups -OCH3 is 1. The third-order valence-corrected chi connectivity index (χ3v) is 5.58. The summed E-state index contributed by atoms with van der Waals surface area (Å²) in [5, 5.41) is 7.20. The molecule has 0 spiro atoms. The highest BCUT2D eigenvalue weighted by atomic mass is 19.1. The topological polar surface area (TPSA) is 73.2 Å². The van der Waals surface area contributed by atoms with Gasteiger partial charge < -0.3 is 10.1 Å². The van der Waals surface area contributed by atoms with Crippen molar-refractivity contribution in [2.24, 2.45) is 17.8 Å². The van der Waals surface area contributed by atoms with Gasteiger partial charge >= 0.3 is 0 Å². The lowest BCUT2D eigenvalue weighted by atomic mass is 9.94. The summed E-state index contributed by atoms with van der Waals surface area (Å²) >= 11 is 0. The lowest BCUT2D eigenvalue weighted by molar-refractivity contribution is -0.122. The van der Waals surface area contributed by atoms with E-state index >= 15 is 0 Å². The summed E-state index contributed by atoms with van der Waals surface area (Å²) in [4.78, 5) is 24.5. The Morgan fingerprint density at radius 1 is 1.29 bits per heavy atom. The Hall–Kier alpha value is -2.96. The van der Waals surface area contributed by atoms with E-state index in [1.807, 2.05) is 0 Å². The summed E-state index contributed by atoms with van der Waals surface area (Å²) in [7, 11) is 1.44. The van der Waals surface area contributed by atoms with Gasteiger partial charge in [0.2, 0.25) is 5.91 Å². The van der Waals surface area contributed by atoms with Gasteiger partial charge in [-0.05, 0) is 48.8 Å². The second kappa shape index (κ2) is 7.58. The average molecular weight is 383 g/mol. The molecular formula is C21H22FN3O3. The summed E-state index contributed by atoms with van der Waals surface area (Å²) in [5.74, 6) is 1.32. The molecule has 1 heterocycles. The first-order valence-corrected chi connectivity index (χ1v) is 9.40. The molecule has 1 saturated carbocycles. The largest absolute Gasteiger partial charge is 0.496 e. The molecule has 2 aliphatic carbocycles. The molecule has 1 aromatic heterocycles. The predicted molar refractivity (Wildman–Crippen MR) is 102 cm³/mol. The first-order chi connectivity index (χ1) is 13.5. The van der Waals surface area contributed by atoms with Crippen molar-refractivity contribution in [2.75, 3.05) is 13.7 Å². The van der Waals surface area contributed by atoms with Gasteiger partial charge in [-0.15, -0.1) is 0 Å². The molecule has 0 aliphatic heterocycles. The van der Waals surface area contributed by atoms with E-state index < -0.39 is 5.82 Å². The van der Waals surface area contributed by atoms with Crippen molar-refractivity contribution >= 4 is 5.91 Å². The van der Waals surface area contributed by atoms with Gasteiger partial charge in [0.25, 0.3) is 5.56 Å². The van der Waals surface area contributed by atoms with Crippen LogP contribution in [0.5, 0.6) is 5.75 Å². The fourth-order valence-corrected chi connectivity index (χ4v) is 4.15. The van der Waals surface area contributed by atoms with Gasteiger partial charge in [-0.25, -0.2) is 9.07 Å². The molecule has 2 bridgehead atoms. The number of hydrogen-bond donors (Lipinski definition) is 1. The van der Waals surface area contributed by atoms with Crippen molar-refractivity contribution in [3.8, 4) is 17.0 Å². The molecule has 2 aromatic rings. The van der Waals surface area contributed by atoms with Crippen LogP contribution in [-0.2, 0) is 11.3 Å². The lowest BCUT2D eigenvalue weighted by Gasteiger charge is -2.18. The Balaban J connectivity index is 1.46. The number of carbonyl (C=O) groups is 1. The van der Waals surface area contributed by atoms with Gasteiger partial charge in [-0.3, -0.25) is 9.59 Å². The maximum atomic E-state index is 13.4. The number of fused-ring (bicyclic) bond motifs is 2. The van der Waals surface area contributed by atoms with Crippen LogP contribution in [0.4, 0.5) is 4.39 Å². The molecular weight excluding hydrogens is 361 g/mol. The second-order valence-corrected chi connectivity index (χ2v) is 7.40. The van der Waals surface area contributed by atoms with Crippen molar-refractivity contribution in [3.63, 3.8) is 0 Å². The number of carbonyl (C=O) groups excluding carboxylic acids is 1. The van der Waals surface area contributed by atoms with Crippen LogP contribution in [0, 0.1) is 23.6 Å². The average Bonchev–Trinajstić information content (AvgIpc) is 3.31. The normalized spacial score (nSPS) is 22.4. The summed E-state index contributed by atoms with van der Waals surface area (Å²) in [6.45, 7) is 0.456. The third kappa shape index (κ3) is 3.69. The number of allylic oxidation sites excluding steroid dienone is 2. The van der Waals surface area contributed by atoms with Crippen molar-refractivity contribution in [2.45, 2.75) is 19.4 Å². The van der Waals surface area contributed by atoms with Crippen molar-refractivity contribution in [1.82, 2.24) is 15.1 Å². The third-order valence-electron chi connectivity index (χ3n) is 5.58. The summed E-state index contributed by atoms with van der Waals surface area (Å²) < 4.78 is 19.7. The molecule has 0 radical (unpaired) electrons. The van der Waals surface area contributed by atoms with Gasteiger partial charge in [0.15, 0.2) is 0 Å². The molecule has 6 nitrogen and oxygen atoms in total. The second-order valence-electron chi connectivity index (χ2n) is 7.40. The van der Waals surface area contributed by atoms with Crippen LogP contribution in [0.15, 0.2) is 47.3 Å². The standard InChI is InChI=1S/C21H22FN3O3/c1-28-19-10-16(22)4-5-17(19)18-6-7-21(27)25(24-18)12-20(26)23-11-15-9-13-2-3-14(15)8-13/h2-7,10,13-15H,8-9,11-12H2,1H3,(H,23,26)/t13-,14+,15-/m1/s1. The number of ether oxygens (including phenoxy) is 1. The van der Waals surface area contributed by atoms with Crippen LogP contribution < -0.4 is 15.6 Å². The van der Waals surface area contributed by atoms with Crippen molar-refractivity contribution in [1.29, 1.82) is 0 Å². The van der Waals surface area contributed by atoms with Crippen molar-refractivity contribution in [3.05, 3.63) is 58.7 Å². The zero-order valence-electron chi connectivity index (χ0n) is 15.6. The molecule has 0 unspecified atom stereocenters. The van der Waals surface area contributed by atoms with Gasteiger partial charge in [-0.1, -0.05) is 12.2 Å². The Morgan fingerprint density at radius 3 is 2.86 bits per heavy atom. The molecule has 7 heteroatoms. The van der Waals surface area contributed by atoms with E-state index in [4.69, 9.17) is 4.74 Å². The fraction of sp³-hybridized carbons (Fsp3) is 0.381. The number of hydrogen-bond acceptors (Lipinski definition) is 4. The highest BCUT2D eigenvalue weighted by molar-refractivity contribution is 5.75. The Kier molecular flexibility index (Phi) is 4.98. The molecule has 28 heavy (non-hydrogen) atoms. The van der Waals surface area contributed by atoms with Crippen LogP contribution in [-0.4, -0.2) is 29.3 Å². The molecule has 3 atom stereocenters. The molecule has 1 aromatic carbocycles. The monoisotopic (exact) mass is 383 g/mol. The smallest absolute Gasteiger partial charge is 0.267 e. The predicted octanol–water partition coefficient (Wildman–Crippen LogP) is 2.39. The number of halogens is 1. The van der Waals surface area contributed by atoms with Crippen LogP contribution in [0.1, 0.15) is 12.8 Å². The summed E-state index contributed by atoms with van der Waals surface area (Å²) in [6.07, 6.45) is 6.81. The molecule has 1 fully saturated rings. The van der Waals surface area contributed by atoms with E-state index in [-0.39, 0.29) is 18.0 Å². The molecule has 4 rings (SSSR count). The van der Waals surface area contributed by atoms with E-state index in [9.17, 15) is 14.0 Å². The van der Waals surface area contributed by atoms with E-state index in [1.54, 1.807) is 0 Å². The lowest BCUT2D eigenvalue weighted by Crippen LogP contribution is -2.36.